The summed E-state index contributed by atoms with van der Waals surface area (Å²) in [5.74, 6) is 5.43. The van der Waals surface area contributed by atoms with Gasteiger partial charge in [-0.05, 0) is 5.56 Å². The van der Waals surface area contributed by atoms with Crippen LogP contribution in [0.15, 0.2) is 30.3 Å². The third kappa shape index (κ3) is 4.00. The molecule has 4 heteroatoms. The Bertz CT molecular complexity index is 235. The van der Waals surface area contributed by atoms with Crippen LogP contribution >= 0.6 is 0 Å². The Balaban J connectivity index is 2.41. The number of hydrogen-bond acceptors (Lipinski definition) is 4. The van der Waals surface area contributed by atoms with Gasteiger partial charge in [0, 0.05) is 20.6 Å². The van der Waals surface area contributed by atoms with Crippen molar-refractivity contribution in [2.45, 2.75) is 6.54 Å². The van der Waals surface area contributed by atoms with E-state index in [-0.39, 0.29) is 0 Å². The summed E-state index contributed by atoms with van der Waals surface area (Å²) in [6.45, 7) is 0.822. The molecule has 0 saturated carbocycles. The molecule has 0 atom stereocenters. The van der Waals surface area contributed by atoms with Gasteiger partial charge in [0.25, 0.3) is 0 Å². The SMILES string of the molecule is CN(N)NN(C)Cc1ccccc1. The average molecular weight is 180 g/mol. The van der Waals surface area contributed by atoms with E-state index in [2.05, 4.69) is 17.7 Å². The molecule has 1 aromatic carbocycles. The standard InChI is InChI=1S/C9H16N4/c1-12(11-13(2)10)8-9-6-4-3-5-7-9/h3-7,11H,8,10H2,1-2H3. The number of hydrazine groups is 3. The van der Waals surface area contributed by atoms with Crippen molar-refractivity contribution < 1.29 is 0 Å². The van der Waals surface area contributed by atoms with Crippen molar-refractivity contribution in [2.75, 3.05) is 14.1 Å². The molecule has 13 heavy (non-hydrogen) atoms. The molecule has 0 heterocycles. The summed E-state index contributed by atoms with van der Waals surface area (Å²) >= 11 is 0. The molecule has 0 bridgehead atoms. The summed E-state index contributed by atoms with van der Waals surface area (Å²) in [6.07, 6.45) is 0. The first-order valence-electron chi connectivity index (χ1n) is 4.18. The molecule has 0 spiro atoms. The van der Waals surface area contributed by atoms with Crippen molar-refractivity contribution in [3.8, 4) is 0 Å². The summed E-state index contributed by atoms with van der Waals surface area (Å²) in [5.41, 5.74) is 4.19. The zero-order chi connectivity index (χ0) is 9.68. The fraction of sp³-hybridized carbons (Fsp3) is 0.333. The second-order valence-corrected chi connectivity index (χ2v) is 3.05. The van der Waals surface area contributed by atoms with E-state index in [1.54, 1.807) is 7.05 Å². The van der Waals surface area contributed by atoms with E-state index in [0.29, 0.717) is 0 Å². The first kappa shape index (κ1) is 10.1. The van der Waals surface area contributed by atoms with E-state index in [9.17, 15) is 0 Å². The summed E-state index contributed by atoms with van der Waals surface area (Å²) in [6, 6.07) is 10.2. The fourth-order valence-corrected chi connectivity index (χ4v) is 1.16. The van der Waals surface area contributed by atoms with Crippen LogP contribution in [0.5, 0.6) is 0 Å². The van der Waals surface area contributed by atoms with Crippen LogP contribution in [0.25, 0.3) is 0 Å². The highest BCUT2D eigenvalue weighted by Crippen LogP contribution is 2.00. The third-order valence-electron chi connectivity index (χ3n) is 1.59. The Hall–Kier alpha value is -0.940. The van der Waals surface area contributed by atoms with Gasteiger partial charge in [0.2, 0.25) is 0 Å². The van der Waals surface area contributed by atoms with Gasteiger partial charge in [-0.3, -0.25) is 5.84 Å². The van der Waals surface area contributed by atoms with Crippen molar-refractivity contribution in [1.82, 2.24) is 15.7 Å². The lowest BCUT2D eigenvalue weighted by Crippen LogP contribution is -2.48. The van der Waals surface area contributed by atoms with E-state index in [4.69, 9.17) is 5.84 Å². The van der Waals surface area contributed by atoms with Crippen molar-refractivity contribution in [3.05, 3.63) is 35.9 Å². The quantitative estimate of drug-likeness (QED) is 0.518. The maximum atomic E-state index is 5.43. The Morgan fingerprint density at radius 3 is 2.38 bits per heavy atom. The van der Waals surface area contributed by atoms with E-state index in [0.717, 1.165) is 6.54 Å². The maximum absolute atomic E-state index is 5.43. The van der Waals surface area contributed by atoms with Crippen LogP contribution in [0.3, 0.4) is 0 Å². The summed E-state index contributed by atoms with van der Waals surface area (Å²) < 4.78 is 0. The number of hydrogen-bond donors (Lipinski definition) is 2. The van der Waals surface area contributed by atoms with Gasteiger partial charge in [-0.2, -0.15) is 10.7 Å². The van der Waals surface area contributed by atoms with Crippen molar-refractivity contribution in [3.63, 3.8) is 0 Å². The average Bonchev–Trinajstić information content (AvgIpc) is 2.04. The molecular weight excluding hydrogens is 164 g/mol. The lowest BCUT2D eigenvalue weighted by atomic mass is 10.2. The molecular formula is C9H16N4. The maximum Gasteiger partial charge on any atom is 0.0392 e. The number of benzene rings is 1. The molecule has 3 N–H and O–H groups in total. The van der Waals surface area contributed by atoms with Crippen LogP contribution in [-0.2, 0) is 6.54 Å². The molecule has 0 aliphatic carbocycles. The highest BCUT2D eigenvalue weighted by molar-refractivity contribution is 5.14. The van der Waals surface area contributed by atoms with Crippen molar-refractivity contribution in [2.24, 2.45) is 5.84 Å². The minimum Gasteiger partial charge on any atom is -0.254 e. The van der Waals surface area contributed by atoms with Gasteiger partial charge >= 0.3 is 0 Å². The molecule has 0 radical (unpaired) electrons. The summed E-state index contributed by atoms with van der Waals surface area (Å²) in [5, 5.41) is 3.33. The predicted molar refractivity (Wildman–Crippen MR) is 53.0 cm³/mol. The lowest BCUT2D eigenvalue weighted by Gasteiger charge is -2.22. The van der Waals surface area contributed by atoms with Crippen LogP contribution in [-0.4, -0.2) is 24.2 Å². The zero-order valence-electron chi connectivity index (χ0n) is 8.07. The first-order valence-corrected chi connectivity index (χ1v) is 4.18. The molecule has 0 aromatic heterocycles. The second-order valence-electron chi connectivity index (χ2n) is 3.05. The zero-order valence-corrected chi connectivity index (χ0v) is 8.07. The van der Waals surface area contributed by atoms with E-state index in [1.165, 1.54) is 10.7 Å². The van der Waals surface area contributed by atoms with E-state index in [1.807, 2.05) is 30.3 Å². The summed E-state index contributed by atoms with van der Waals surface area (Å²) in [4.78, 5) is 0. The van der Waals surface area contributed by atoms with E-state index < -0.39 is 0 Å². The van der Waals surface area contributed by atoms with Gasteiger partial charge in [-0.15, -0.1) is 0 Å². The topological polar surface area (TPSA) is 44.5 Å². The van der Waals surface area contributed by atoms with Crippen molar-refractivity contribution in [1.29, 1.82) is 0 Å². The van der Waals surface area contributed by atoms with Crippen molar-refractivity contribution >= 4 is 0 Å². The van der Waals surface area contributed by atoms with Crippen LogP contribution in [0.2, 0.25) is 0 Å². The monoisotopic (exact) mass is 180 g/mol. The number of nitrogens with two attached hydrogens (primary N) is 1. The number of nitrogens with one attached hydrogen (secondary N) is 1. The first-order chi connectivity index (χ1) is 6.18. The Morgan fingerprint density at radius 2 is 1.85 bits per heavy atom. The summed E-state index contributed by atoms with van der Waals surface area (Å²) in [7, 11) is 3.69. The third-order valence-corrected chi connectivity index (χ3v) is 1.59. The van der Waals surface area contributed by atoms with Gasteiger partial charge in [0.1, 0.15) is 0 Å². The minimum atomic E-state index is 0.822. The molecule has 4 nitrogen and oxygen atoms in total. The molecule has 0 aliphatic rings. The molecule has 1 aromatic rings. The van der Waals surface area contributed by atoms with Crippen LogP contribution < -0.4 is 11.4 Å². The molecule has 0 saturated heterocycles. The molecule has 0 amide bonds. The second kappa shape index (κ2) is 4.94. The normalized spacial score (nSPS) is 11.2. The number of rotatable bonds is 4. The smallest absolute Gasteiger partial charge is 0.0392 e. The Morgan fingerprint density at radius 1 is 1.23 bits per heavy atom. The highest BCUT2D eigenvalue weighted by atomic mass is 15.8. The van der Waals surface area contributed by atoms with Gasteiger partial charge in [0.15, 0.2) is 0 Å². The molecule has 1 rings (SSSR count). The van der Waals surface area contributed by atoms with Gasteiger partial charge in [-0.1, -0.05) is 30.3 Å². The fourth-order valence-electron chi connectivity index (χ4n) is 1.16. The molecule has 72 valence electrons. The largest absolute Gasteiger partial charge is 0.254 e. The van der Waals surface area contributed by atoms with Gasteiger partial charge < -0.3 is 0 Å². The van der Waals surface area contributed by atoms with Crippen LogP contribution in [0.4, 0.5) is 0 Å². The molecule has 0 fully saturated rings. The molecule has 0 aliphatic heterocycles. The van der Waals surface area contributed by atoms with Crippen LogP contribution in [0.1, 0.15) is 5.56 Å². The minimum absolute atomic E-state index is 0.822. The number of nitrogens with zero attached hydrogens (tertiary/aromatic N) is 2. The van der Waals surface area contributed by atoms with Gasteiger partial charge in [0.05, 0.1) is 0 Å². The lowest BCUT2D eigenvalue weighted by molar-refractivity contribution is 0.0586. The predicted octanol–water partition coefficient (Wildman–Crippen LogP) is 0.344. The molecule has 0 unspecified atom stereocenters. The highest BCUT2D eigenvalue weighted by Gasteiger charge is 1.98. The van der Waals surface area contributed by atoms with Gasteiger partial charge in [-0.25, -0.2) is 5.01 Å². The van der Waals surface area contributed by atoms with E-state index >= 15 is 0 Å². The Labute approximate surface area is 78.8 Å². The van der Waals surface area contributed by atoms with Crippen LogP contribution in [0, 0.1) is 0 Å². The Kier molecular flexibility index (Phi) is 3.85.